The number of hydrogen-bond donors (Lipinski definition) is 0. The van der Waals surface area contributed by atoms with E-state index in [2.05, 4.69) is 21.0 Å². The van der Waals surface area contributed by atoms with Crippen LogP contribution in [0.3, 0.4) is 0 Å². The summed E-state index contributed by atoms with van der Waals surface area (Å²) in [6, 6.07) is 9.44. The predicted octanol–water partition coefficient (Wildman–Crippen LogP) is 2.14. The molecule has 0 atom stereocenters. The fourth-order valence-corrected chi connectivity index (χ4v) is 2.14. The predicted molar refractivity (Wildman–Crippen MR) is 86.9 cm³/mol. The standard InChI is InChI=1S/C15H18BrN3O2/c1-18(7-8-21-2)14-9-15(20)19(17-10-14)11-12-3-5-13(16)6-4-12/h3-6,9-10H,7-8,11H2,1-2H3. The molecule has 0 amide bonds. The van der Waals surface area contributed by atoms with E-state index in [0.29, 0.717) is 19.7 Å². The minimum atomic E-state index is -0.111. The highest BCUT2D eigenvalue weighted by molar-refractivity contribution is 9.10. The summed E-state index contributed by atoms with van der Waals surface area (Å²) in [5.74, 6) is 0. The first-order valence-electron chi connectivity index (χ1n) is 6.62. The molecular weight excluding hydrogens is 334 g/mol. The van der Waals surface area contributed by atoms with Gasteiger partial charge in [-0.2, -0.15) is 5.10 Å². The summed E-state index contributed by atoms with van der Waals surface area (Å²) in [4.78, 5) is 14.1. The molecule has 2 aromatic rings. The Morgan fingerprint density at radius 2 is 2.05 bits per heavy atom. The van der Waals surface area contributed by atoms with Gasteiger partial charge >= 0.3 is 0 Å². The highest BCUT2D eigenvalue weighted by atomic mass is 79.9. The number of nitrogens with zero attached hydrogens (tertiary/aromatic N) is 3. The third-order valence-electron chi connectivity index (χ3n) is 3.17. The zero-order chi connectivity index (χ0) is 15.2. The molecule has 0 saturated carbocycles. The van der Waals surface area contributed by atoms with Crippen LogP contribution in [0.5, 0.6) is 0 Å². The van der Waals surface area contributed by atoms with Gasteiger partial charge in [-0.15, -0.1) is 0 Å². The van der Waals surface area contributed by atoms with Gasteiger partial charge in [0.15, 0.2) is 0 Å². The first kappa shape index (κ1) is 15.7. The van der Waals surface area contributed by atoms with Gasteiger partial charge < -0.3 is 9.64 Å². The molecule has 1 heterocycles. The maximum atomic E-state index is 12.1. The summed E-state index contributed by atoms with van der Waals surface area (Å²) >= 11 is 3.39. The van der Waals surface area contributed by atoms with E-state index < -0.39 is 0 Å². The van der Waals surface area contributed by atoms with Crippen LogP contribution in [0.1, 0.15) is 5.56 Å². The molecule has 0 N–H and O–H groups in total. The summed E-state index contributed by atoms with van der Waals surface area (Å²) in [6.45, 7) is 1.79. The van der Waals surface area contributed by atoms with Crippen molar-refractivity contribution in [2.24, 2.45) is 0 Å². The molecule has 1 aromatic heterocycles. The molecule has 0 fully saturated rings. The minimum absolute atomic E-state index is 0.111. The second-order valence-electron chi connectivity index (χ2n) is 4.75. The van der Waals surface area contributed by atoms with Crippen molar-refractivity contribution >= 4 is 21.6 Å². The number of benzene rings is 1. The molecule has 5 nitrogen and oxygen atoms in total. The Morgan fingerprint density at radius 1 is 1.33 bits per heavy atom. The average Bonchev–Trinajstić information content (AvgIpc) is 2.49. The molecular formula is C15H18BrN3O2. The Morgan fingerprint density at radius 3 is 2.67 bits per heavy atom. The number of ether oxygens (including phenoxy) is 1. The van der Waals surface area contributed by atoms with Crippen molar-refractivity contribution in [2.45, 2.75) is 6.54 Å². The molecule has 0 radical (unpaired) electrons. The molecule has 0 spiro atoms. The maximum absolute atomic E-state index is 12.1. The SMILES string of the molecule is COCCN(C)c1cnn(Cc2ccc(Br)cc2)c(=O)c1. The van der Waals surface area contributed by atoms with Crippen molar-refractivity contribution in [1.82, 2.24) is 9.78 Å². The second kappa shape index (κ2) is 7.38. The number of likely N-dealkylation sites (N-methyl/N-ethyl adjacent to an activating group) is 1. The van der Waals surface area contributed by atoms with Gasteiger partial charge in [0.25, 0.3) is 5.56 Å². The summed E-state index contributed by atoms with van der Waals surface area (Å²) in [5, 5.41) is 4.24. The molecule has 0 aliphatic carbocycles. The fraction of sp³-hybridized carbons (Fsp3) is 0.333. The van der Waals surface area contributed by atoms with Crippen LogP contribution in [0.25, 0.3) is 0 Å². The van der Waals surface area contributed by atoms with Crippen molar-refractivity contribution in [2.75, 3.05) is 32.2 Å². The van der Waals surface area contributed by atoms with Gasteiger partial charge in [0.2, 0.25) is 0 Å². The van der Waals surface area contributed by atoms with Crippen LogP contribution in [0.15, 0.2) is 45.8 Å². The molecule has 0 bridgehead atoms. The van der Waals surface area contributed by atoms with Gasteiger partial charge in [-0.1, -0.05) is 28.1 Å². The Labute approximate surface area is 132 Å². The summed E-state index contributed by atoms with van der Waals surface area (Å²) in [7, 11) is 3.57. The molecule has 1 aromatic carbocycles. The van der Waals surface area contributed by atoms with Crippen LogP contribution in [-0.2, 0) is 11.3 Å². The molecule has 112 valence electrons. The highest BCUT2D eigenvalue weighted by Crippen LogP contribution is 2.11. The van der Waals surface area contributed by atoms with Gasteiger partial charge in [0, 0.05) is 31.2 Å². The van der Waals surface area contributed by atoms with Gasteiger partial charge in [-0.25, -0.2) is 4.68 Å². The fourth-order valence-electron chi connectivity index (χ4n) is 1.87. The van der Waals surface area contributed by atoms with E-state index in [1.54, 1.807) is 19.4 Å². The van der Waals surface area contributed by atoms with E-state index in [4.69, 9.17) is 4.74 Å². The smallest absolute Gasteiger partial charge is 0.269 e. The van der Waals surface area contributed by atoms with Crippen molar-refractivity contribution in [1.29, 1.82) is 0 Å². The molecule has 0 saturated heterocycles. The third kappa shape index (κ3) is 4.41. The van der Waals surface area contributed by atoms with Gasteiger partial charge in [-0.3, -0.25) is 4.79 Å². The van der Waals surface area contributed by atoms with E-state index in [1.165, 1.54) is 4.68 Å². The Kier molecular flexibility index (Phi) is 5.52. The van der Waals surface area contributed by atoms with Crippen molar-refractivity contribution in [3.63, 3.8) is 0 Å². The summed E-state index contributed by atoms with van der Waals surface area (Å²) < 4.78 is 7.50. The van der Waals surface area contributed by atoms with Crippen LogP contribution in [-0.4, -0.2) is 37.1 Å². The van der Waals surface area contributed by atoms with Crippen LogP contribution in [0.2, 0.25) is 0 Å². The number of aromatic nitrogens is 2. The topological polar surface area (TPSA) is 47.4 Å². The minimum Gasteiger partial charge on any atom is -0.383 e. The lowest BCUT2D eigenvalue weighted by molar-refractivity contribution is 0.206. The van der Waals surface area contributed by atoms with E-state index in [-0.39, 0.29) is 5.56 Å². The van der Waals surface area contributed by atoms with Crippen molar-refractivity contribution < 1.29 is 4.74 Å². The molecule has 0 aliphatic rings. The zero-order valence-corrected chi connectivity index (χ0v) is 13.7. The maximum Gasteiger partial charge on any atom is 0.269 e. The van der Waals surface area contributed by atoms with Crippen molar-refractivity contribution in [3.05, 3.63) is 56.9 Å². The number of rotatable bonds is 6. The Balaban J connectivity index is 2.12. The number of anilines is 1. The summed E-state index contributed by atoms with van der Waals surface area (Å²) in [6.07, 6.45) is 1.70. The van der Waals surface area contributed by atoms with E-state index >= 15 is 0 Å². The summed E-state index contributed by atoms with van der Waals surface area (Å²) in [5.41, 5.74) is 1.72. The lowest BCUT2D eigenvalue weighted by atomic mass is 10.2. The van der Waals surface area contributed by atoms with Gasteiger partial charge in [0.1, 0.15) is 0 Å². The molecule has 2 rings (SSSR count). The average molecular weight is 352 g/mol. The first-order chi connectivity index (χ1) is 10.1. The van der Waals surface area contributed by atoms with E-state index in [9.17, 15) is 4.79 Å². The number of halogens is 1. The molecule has 0 aliphatic heterocycles. The second-order valence-corrected chi connectivity index (χ2v) is 5.67. The van der Waals surface area contributed by atoms with Crippen LogP contribution >= 0.6 is 15.9 Å². The zero-order valence-electron chi connectivity index (χ0n) is 12.1. The lowest BCUT2D eigenvalue weighted by Gasteiger charge is -2.18. The van der Waals surface area contributed by atoms with Crippen LogP contribution < -0.4 is 10.5 Å². The Hall–Kier alpha value is -1.66. The molecule has 21 heavy (non-hydrogen) atoms. The monoisotopic (exact) mass is 351 g/mol. The van der Waals surface area contributed by atoms with E-state index in [0.717, 1.165) is 15.7 Å². The normalized spacial score (nSPS) is 10.6. The third-order valence-corrected chi connectivity index (χ3v) is 3.70. The lowest BCUT2D eigenvalue weighted by Crippen LogP contribution is -2.27. The van der Waals surface area contributed by atoms with Gasteiger partial charge in [-0.05, 0) is 17.7 Å². The van der Waals surface area contributed by atoms with Crippen LogP contribution in [0.4, 0.5) is 5.69 Å². The quantitative estimate of drug-likeness (QED) is 0.799. The van der Waals surface area contributed by atoms with Gasteiger partial charge in [0.05, 0.1) is 25.0 Å². The number of methoxy groups -OCH3 is 1. The van der Waals surface area contributed by atoms with E-state index in [1.807, 2.05) is 36.2 Å². The number of hydrogen-bond acceptors (Lipinski definition) is 4. The Bertz CT molecular complexity index is 640. The first-order valence-corrected chi connectivity index (χ1v) is 7.41. The van der Waals surface area contributed by atoms with Crippen molar-refractivity contribution in [3.8, 4) is 0 Å². The largest absolute Gasteiger partial charge is 0.383 e. The van der Waals surface area contributed by atoms with Crippen LogP contribution in [0, 0.1) is 0 Å². The molecule has 6 heteroatoms. The molecule has 0 unspecified atom stereocenters. The highest BCUT2D eigenvalue weighted by Gasteiger charge is 2.05.